The minimum atomic E-state index is -0.456. The van der Waals surface area contributed by atoms with E-state index >= 15 is 0 Å². The summed E-state index contributed by atoms with van der Waals surface area (Å²) in [7, 11) is 0. The highest BCUT2D eigenvalue weighted by Gasteiger charge is 2.27. The van der Waals surface area contributed by atoms with E-state index in [-0.39, 0.29) is 12.3 Å². The molecule has 0 saturated heterocycles. The van der Waals surface area contributed by atoms with Gasteiger partial charge in [0.15, 0.2) is 0 Å². The summed E-state index contributed by atoms with van der Waals surface area (Å²) in [4.78, 5) is 26.0. The molecule has 0 unspecified atom stereocenters. The van der Waals surface area contributed by atoms with E-state index in [1.54, 1.807) is 0 Å². The number of amides is 2. The highest BCUT2D eigenvalue weighted by molar-refractivity contribution is 7.17. The van der Waals surface area contributed by atoms with E-state index in [1.807, 2.05) is 42.5 Å². The number of aryl methyl sites for hydroxylation is 1. The van der Waals surface area contributed by atoms with Crippen molar-refractivity contribution in [3.63, 3.8) is 0 Å². The molecule has 27 heavy (non-hydrogen) atoms. The molecule has 0 spiro atoms. The highest BCUT2D eigenvalue weighted by atomic mass is 32.1. The molecule has 4 nitrogen and oxygen atoms in total. The molecule has 1 atom stereocenters. The lowest BCUT2D eigenvalue weighted by molar-refractivity contribution is -0.115. The van der Waals surface area contributed by atoms with Gasteiger partial charge >= 0.3 is 0 Å². The zero-order chi connectivity index (χ0) is 19.0. The molecule has 0 bridgehead atoms. The van der Waals surface area contributed by atoms with Crippen LogP contribution in [0.15, 0.2) is 42.5 Å². The first kappa shape index (κ1) is 17.7. The SMILES string of the molecule is C[C@H]1CCc2sc(NC(=O)Cc3cccc4ccccc34)c(C(N)=O)c2C1. The van der Waals surface area contributed by atoms with Gasteiger partial charge in [0.2, 0.25) is 5.91 Å². The van der Waals surface area contributed by atoms with E-state index in [0.29, 0.717) is 16.5 Å². The molecule has 2 aromatic carbocycles. The van der Waals surface area contributed by atoms with Gasteiger partial charge in [-0.3, -0.25) is 9.59 Å². The lowest BCUT2D eigenvalue weighted by atomic mass is 9.87. The molecule has 0 fully saturated rings. The average molecular weight is 378 g/mol. The maximum absolute atomic E-state index is 12.7. The van der Waals surface area contributed by atoms with Crippen LogP contribution in [0.2, 0.25) is 0 Å². The van der Waals surface area contributed by atoms with Crippen molar-refractivity contribution in [2.75, 3.05) is 5.32 Å². The van der Waals surface area contributed by atoms with Gasteiger partial charge in [0.05, 0.1) is 12.0 Å². The van der Waals surface area contributed by atoms with Crippen LogP contribution in [0.5, 0.6) is 0 Å². The standard InChI is InChI=1S/C22H22N2O2S/c1-13-9-10-18-17(11-13)20(21(23)26)22(27-18)24-19(25)12-15-7-4-6-14-5-2-3-8-16(14)15/h2-8,13H,9-12H2,1H3,(H2,23,26)(H,24,25)/t13-/m0/s1. The molecule has 0 aliphatic heterocycles. The third-order valence-corrected chi connectivity index (χ3v) is 6.45. The fourth-order valence-corrected chi connectivity index (χ4v) is 5.16. The molecular formula is C22H22N2O2S. The number of carbonyl (C=O) groups excluding carboxylic acids is 2. The number of hydrogen-bond donors (Lipinski definition) is 2. The van der Waals surface area contributed by atoms with Crippen LogP contribution in [0.25, 0.3) is 10.8 Å². The second kappa shape index (κ2) is 7.16. The largest absolute Gasteiger partial charge is 0.365 e. The molecule has 1 aliphatic rings. The number of hydrogen-bond acceptors (Lipinski definition) is 3. The minimum absolute atomic E-state index is 0.125. The number of fused-ring (bicyclic) bond motifs is 2. The van der Waals surface area contributed by atoms with Crippen molar-refractivity contribution in [1.29, 1.82) is 0 Å². The quantitative estimate of drug-likeness (QED) is 0.710. The first-order valence-electron chi connectivity index (χ1n) is 9.23. The number of rotatable bonds is 4. The van der Waals surface area contributed by atoms with Crippen molar-refractivity contribution >= 4 is 38.9 Å². The molecule has 5 heteroatoms. The summed E-state index contributed by atoms with van der Waals surface area (Å²) in [5.41, 5.74) is 8.16. The number of primary amides is 1. The van der Waals surface area contributed by atoms with Crippen molar-refractivity contribution in [3.05, 3.63) is 64.0 Å². The Labute approximate surface area is 162 Å². The summed E-state index contributed by atoms with van der Waals surface area (Å²) in [6.45, 7) is 2.18. The summed E-state index contributed by atoms with van der Waals surface area (Å²) in [5, 5.41) is 5.75. The van der Waals surface area contributed by atoms with Gasteiger partial charge in [-0.25, -0.2) is 0 Å². The topological polar surface area (TPSA) is 72.2 Å². The van der Waals surface area contributed by atoms with Crippen molar-refractivity contribution in [1.82, 2.24) is 0 Å². The van der Waals surface area contributed by atoms with Gasteiger partial charge in [0, 0.05) is 4.88 Å². The van der Waals surface area contributed by atoms with Gasteiger partial charge < -0.3 is 11.1 Å². The lowest BCUT2D eigenvalue weighted by Crippen LogP contribution is -2.20. The van der Waals surface area contributed by atoms with Gasteiger partial charge in [0.1, 0.15) is 5.00 Å². The van der Waals surface area contributed by atoms with Gasteiger partial charge in [-0.2, -0.15) is 0 Å². The molecule has 3 N–H and O–H groups in total. The average Bonchev–Trinajstić information content (AvgIpc) is 2.99. The number of anilines is 1. The van der Waals surface area contributed by atoms with Gasteiger partial charge in [-0.05, 0) is 47.1 Å². The number of nitrogens with one attached hydrogen (secondary N) is 1. The van der Waals surface area contributed by atoms with Crippen LogP contribution in [0.1, 0.15) is 39.7 Å². The van der Waals surface area contributed by atoms with Crippen molar-refractivity contribution in [3.8, 4) is 0 Å². The number of benzene rings is 2. The maximum Gasteiger partial charge on any atom is 0.251 e. The normalized spacial score (nSPS) is 16.1. The lowest BCUT2D eigenvalue weighted by Gasteiger charge is -2.18. The molecule has 1 aliphatic carbocycles. The Morgan fingerprint density at radius 3 is 2.78 bits per heavy atom. The second-order valence-corrected chi connectivity index (χ2v) is 8.39. The summed E-state index contributed by atoms with van der Waals surface area (Å²) in [6.07, 6.45) is 3.16. The first-order valence-corrected chi connectivity index (χ1v) is 10.1. The fraction of sp³-hybridized carbons (Fsp3) is 0.273. The second-order valence-electron chi connectivity index (χ2n) is 7.28. The predicted octanol–water partition coefficient (Wildman–Crippen LogP) is 4.31. The van der Waals surface area contributed by atoms with Crippen molar-refractivity contribution in [2.45, 2.75) is 32.6 Å². The summed E-state index contributed by atoms with van der Waals surface area (Å²) in [5.74, 6) is -0.0491. The molecule has 1 aromatic heterocycles. The third kappa shape index (κ3) is 3.47. The van der Waals surface area contributed by atoms with Gasteiger partial charge in [-0.15, -0.1) is 11.3 Å². The first-order chi connectivity index (χ1) is 13.0. The van der Waals surface area contributed by atoms with E-state index in [4.69, 9.17) is 5.73 Å². The Bertz CT molecular complexity index is 1030. The van der Waals surface area contributed by atoms with Crippen LogP contribution in [-0.2, 0) is 24.1 Å². The van der Waals surface area contributed by atoms with Crippen LogP contribution in [0.3, 0.4) is 0 Å². The molecule has 0 radical (unpaired) electrons. The third-order valence-electron chi connectivity index (χ3n) is 5.24. The Kier molecular flexibility index (Phi) is 4.70. The molecule has 1 heterocycles. The molecule has 138 valence electrons. The number of nitrogens with two attached hydrogens (primary N) is 1. The van der Waals surface area contributed by atoms with E-state index in [2.05, 4.69) is 12.2 Å². The Balaban J connectivity index is 1.61. The molecule has 4 rings (SSSR count). The predicted molar refractivity (Wildman–Crippen MR) is 110 cm³/mol. The zero-order valence-electron chi connectivity index (χ0n) is 15.2. The van der Waals surface area contributed by atoms with Crippen LogP contribution >= 0.6 is 11.3 Å². The minimum Gasteiger partial charge on any atom is -0.365 e. The smallest absolute Gasteiger partial charge is 0.251 e. The Morgan fingerprint density at radius 1 is 1.19 bits per heavy atom. The van der Waals surface area contributed by atoms with E-state index in [0.717, 1.165) is 41.2 Å². The van der Waals surface area contributed by atoms with Crippen molar-refractivity contribution < 1.29 is 9.59 Å². The van der Waals surface area contributed by atoms with Gasteiger partial charge in [-0.1, -0.05) is 49.4 Å². The highest BCUT2D eigenvalue weighted by Crippen LogP contribution is 2.39. The maximum atomic E-state index is 12.7. The molecule has 0 saturated carbocycles. The van der Waals surface area contributed by atoms with E-state index < -0.39 is 5.91 Å². The summed E-state index contributed by atoms with van der Waals surface area (Å²) >= 11 is 1.50. The molecule has 3 aromatic rings. The van der Waals surface area contributed by atoms with Crippen LogP contribution in [-0.4, -0.2) is 11.8 Å². The van der Waals surface area contributed by atoms with Crippen LogP contribution in [0, 0.1) is 5.92 Å². The van der Waals surface area contributed by atoms with Crippen LogP contribution < -0.4 is 11.1 Å². The van der Waals surface area contributed by atoms with E-state index in [1.165, 1.54) is 16.2 Å². The fourth-order valence-electron chi connectivity index (χ4n) is 3.90. The van der Waals surface area contributed by atoms with Crippen LogP contribution in [0.4, 0.5) is 5.00 Å². The zero-order valence-corrected chi connectivity index (χ0v) is 16.1. The number of carbonyl (C=O) groups is 2. The van der Waals surface area contributed by atoms with E-state index in [9.17, 15) is 9.59 Å². The van der Waals surface area contributed by atoms with Gasteiger partial charge in [0.25, 0.3) is 5.91 Å². The molecular weight excluding hydrogens is 356 g/mol. The summed E-state index contributed by atoms with van der Waals surface area (Å²) < 4.78 is 0. The Morgan fingerprint density at radius 2 is 1.96 bits per heavy atom. The monoisotopic (exact) mass is 378 g/mol. The summed E-state index contributed by atoms with van der Waals surface area (Å²) in [6, 6.07) is 14.0. The Hall–Kier alpha value is -2.66. The molecule has 2 amide bonds. The van der Waals surface area contributed by atoms with Crippen molar-refractivity contribution in [2.24, 2.45) is 11.7 Å². The number of thiophene rings is 1.